The summed E-state index contributed by atoms with van der Waals surface area (Å²) in [6.45, 7) is 2.36. The van der Waals surface area contributed by atoms with Crippen LogP contribution in [-0.4, -0.2) is 14.7 Å². The van der Waals surface area contributed by atoms with Crippen LogP contribution in [0.4, 0.5) is 0 Å². The molecule has 9 heteroatoms. The molecule has 1 aliphatic rings. The first-order valence-electron chi connectivity index (χ1n) is 5.98. The number of imidazole rings is 1. The van der Waals surface area contributed by atoms with Crippen LogP contribution in [-0.2, 0) is 12.6 Å². The lowest BCUT2D eigenvalue weighted by atomic mass is 10.1. The summed E-state index contributed by atoms with van der Waals surface area (Å²) in [7, 11) is -2.78. The fourth-order valence-corrected chi connectivity index (χ4v) is 4.75. The maximum absolute atomic E-state index is 8.49. The van der Waals surface area contributed by atoms with Crippen LogP contribution in [0.1, 0.15) is 6.92 Å². The minimum atomic E-state index is -4.94. The molecule has 0 amide bonds. The molecule has 0 fully saturated rings. The van der Waals surface area contributed by atoms with E-state index < -0.39 is 10.2 Å². The first-order valence-corrected chi connectivity index (χ1v) is 9.72. The molecule has 0 spiro atoms. The summed E-state index contributed by atoms with van der Waals surface area (Å²) in [6, 6.07) is 8.68. The molecule has 2 aromatic rings. The molecule has 116 valence electrons. The van der Waals surface area contributed by atoms with Crippen LogP contribution in [0.15, 0.2) is 29.4 Å². The highest BCUT2D eigenvalue weighted by Gasteiger charge is 2.44. The Morgan fingerprint density at radius 1 is 1.33 bits per heavy atom. The SMILES string of the molecule is C[n+]1c2n(c3ccccc31)C(C)(CI)CS2.[O-][Cl+3]([O-])([O-])[O-]. The van der Waals surface area contributed by atoms with Gasteiger partial charge >= 0.3 is 5.16 Å². The van der Waals surface area contributed by atoms with E-state index in [-0.39, 0.29) is 5.54 Å². The molecule has 1 aromatic heterocycles. The summed E-state index contributed by atoms with van der Waals surface area (Å²) < 4.78 is 40.0. The van der Waals surface area contributed by atoms with Gasteiger partial charge in [-0.25, -0.2) is 27.8 Å². The van der Waals surface area contributed by atoms with Crippen LogP contribution in [0, 0.1) is 10.2 Å². The van der Waals surface area contributed by atoms with Gasteiger partial charge in [-0.2, -0.15) is 0 Å². The zero-order chi connectivity index (χ0) is 15.8. The van der Waals surface area contributed by atoms with Gasteiger partial charge in [-0.1, -0.05) is 34.7 Å². The Morgan fingerprint density at radius 2 is 1.90 bits per heavy atom. The Kier molecular flexibility index (Phi) is 5.08. The Labute approximate surface area is 142 Å². The van der Waals surface area contributed by atoms with Crippen molar-refractivity contribution in [3.63, 3.8) is 0 Å². The van der Waals surface area contributed by atoms with Crippen molar-refractivity contribution in [2.24, 2.45) is 7.05 Å². The Morgan fingerprint density at radius 3 is 2.48 bits per heavy atom. The first-order chi connectivity index (χ1) is 9.67. The molecule has 0 saturated heterocycles. The number of fused-ring (bicyclic) bond motifs is 3. The summed E-state index contributed by atoms with van der Waals surface area (Å²) in [5.41, 5.74) is 2.96. The predicted octanol–water partition coefficient (Wildman–Crippen LogP) is -2.03. The van der Waals surface area contributed by atoms with Gasteiger partial charge < -0.3 is 0 Å². The zero-order valence-corrected chi connectivity index (χ0v) is 15.1. The normalized spacial score (nSPS) is 21.1. The largest absolute Gasteiger partial charge is 0.319 e. The van der Waals surface area contributed by atoms with Crippen molar-refractivity contribution in [3.05, 3.63) is 24.3 Å². The Hall–Kier alpha value is -0.100. The van der Waals surface area contributed by atoms with Crippen molar-refractivity contribution in [2.75, 3.05) is 10.2 Å². The van der Waals surface area contributed by atoms with E-state index in [1.54, 1.807) is 0 Å². The van der Waals surface area contributed by atoms with Gasteiger partial charge in [0.1, 0.15) is 5.54 Å². The molecule has 3 rings (SSSR count). The second-order valence-electron chi connectivity index (χ2n) is 4.96. The summed E-state index contributed by atoms with van der Waals surface area (Å²) in [4.78, 5) is 0. The summed E-state index contributed by atoms with van der Waals surface area (Å²) >= 11 is 4.47. The number of nitrogens with zero attached hydrogens (tertiary/aromatic N) is 2. The lowest BCUT2D eigenvalue weighted by Gasteiger charge is -2.17. The second kappa shape index (κ2) is 6.19. The van der Waals surface area contributed by atoms with E-state index in [4.69, 9.17) is 18.6 Å². The summed E-state index contributed by atoms with van der Waals surface area (Å²) in [5, 5.41) is 1.39. The topological polar surface area (TPSA) is 101 Å². The average molecular weight is 445 g/mol. The van der Waals surface area contributed by atoms with Gasteiger partial charge in [0.25, 0.3) is 0 Å². The number of alkyl halides is 1. The molecule has 1 aromatic carbocycles. The minimum absolute atomic E-state index is 0.265. The van der Waals surface area contributed by atoms with E-state index in [1.807, 2.05) is 11.8 Å². The maximum Gasteiger partial charge on any atom is 0.319 e. The number of thioether (sulfide) groups is 1. The highest BCUT2D eigenvalue weighted by molar-refractivity contribution is 14.1. The quantitative estimate of drug-likeness (QED) is 0.287. The molecular formula is C12H14ClIN2O4S. The van der Waals surface area contributed by atoms with Gasteiger partial charge in [0.2, 0.25) is 0 Å². The van der Waals surface area contributed by atoms with Crippen LogP contribution in [0.25, 0.3) is 11.0 Å². The highest BCUT2D eigenvalue weighted by atomic mass is 127. The van der Waals surface area contributed by atoms with E-state index in [0.717, 1.165) is 4.43 Å². The van der Waals surface area contributed by atoms with Gasteiger partial charge in [-0.3, -0.25) is 0 Å². The molecular weight excluding hydrogens is 431 g/mol. The van der Waals surface area contributed by atoms with E-state index in [2.05, 4.69) is 70.0 Å². The Bertz CT molecular complexity index is 654. The van der Waals surface area contributed by atoms with Crippen LogP contribution < -0.4 is 23.2 Å². The van der Waals surface area contributed by atoms with Crippen LogP contribution >= 0.6 is 34.4 Å². The van der Waals surface area contributed by atoms with E-state index in [9.17, 15) is 0 Å². The number of para-hydroxylation sites is 2. The molecule has 21 heavy (non-hydrogen) atoms. The minimum Gasteiger partial charge on any atom is -0.222 e. The van der Waals surface area contributed by atoms with Gasteiger partial charge in [0.15, 0.2) is 11.0 Å². The van der Waals surface area contributed by atoms with Crippen molar-refractivity contribution < 1.29 is 33.4 Å². The lowest BCUT2D eigenvalue weighted by Crippen LogP contribution is -2.68. The molecule has 0 bridgehead atoms. The van der Waals surface area contributed by atoms with Gasteiger partial charge in [-0.05, 0) is 30.8 Å². The molecule has 6 nitrogen and oxygen atoms in total. The molecule has 0 aliphatic carbocycles. The average Bonchev–Trinajstić information content (AvgIpc) is 2.88. The smallest absolute Gasteiger partial charge is 0.222 e. The van der Waals surface area contributed by atoms with E-state index in [1.165, 1.54) is 21.9 Å². The molecule has 0 saturated carbocycles. The first kappa shape index (κ1) is 17.3. The number of rotatable bonds is 1. The molecule has 0 radical (unpaired) electrons. The maximum atomic E-state index is 8.49. The molecule has 2 heterocycles. The van der Waals surface area contributed by atoms with Crippen LogP contribution in [0.3, 0.4) is 0 Å². The van der Waals surface area contributed by atoms with Gasteiger partial charge in [0.05, 0.1) is 7.05 Å². The van der Waals surface area contributed by atoms with Gasteiger partial charge in [-0.15, -0.1) is 10.2 Å². The number of benzene rings is 1. The molecule has 0 N–H and O–H groups in total. The highest BCUT2D eigenvalue weighted by Crippen LogP contribution is 2.40. The van der Waals surface area contributed by atoms with E-state index >= 15 is 0 Å². The third-order valence-corrected chi connectivity index (χ3v) is 6.43. The van der Waals surface area contributed by atoms with Crippen molar-refractivity contribution >= 4 is 45.4 Å². The van der Waals surface area contributed by atoms with Crippen molar-refractivity contribution in [1.82, 2.24) is 4.57 Å². The summed E-state index contributed by atoms with van der Waals surface area (Å²) in [5.74, 6) is 1.18. The van der Waals surface area contributed by atoms with Crippen LogP contribution in [0.2, 0.25) is 0 Å². The molecule has 1 atom stereocenters. The molecule has 1 aliphatic heterocycles. The molecule has 1 unspecified atom stereocenters. The number of hydrogen-bond acceptors (Lipinski definition) is 5. The predicted molar refractivity (Wildman–Crippen MR) is 76.4 cm³/mol. The third kappa shape index (κ3) is 3.63. The van der Waals surface area contributed by atoms with Crippen molar-refractivity contribution in [3.8, 4) is 0 Å². The lowest BCUT2D eigenvalue weighted by molar-refractivity contribution is -2.00. The Balaban J connectivity index is 0.000000282. The zero-order valence-electron chi connectivity index (χ0n) is 11.4. The van der Waals surface area contributed by atoms with Crippen LogP contribution in [0.5, 0.6) is 0 Å². The fraction of sp³-hybridized carbons (Fsp3) is 0.417. The standard InChI is InChI=1S/C12H14IN2S.ClHO4/c1-12(7-13)8-16-11-14(2)9-5-3-4-6-10(9)15(11)12;2-1(3,4)5/h3-6H,7-8H2,1-2H3;(H,2,3,4,5)/q+1;/p-1. The van der Waals surface area contributed by atoms with Crippen molar-refractivity contribution in [2.45, 2.75) is 17.6 Å². The van der Waals surface area contributed by atoms with E-state index in [0.29, 0.717) is 0 Å². The number of halogens is 2. The van der Waals surface area contributed by atoms with Gasteiger partial charge in [0, 0.05) is 10.2 Å². The summed E-state index contributed by atoms with van der Waals surface area (Å²) in [6.07, 6.45) is 0. The fourth-order valence-electron chi connectivity index (χ4n) is 2.36. The second-order valence-corrected chi connectivity index (χ2v) is 7.42. The third-order valence-electron chi connectivity index (χ3n) is 3.30. The number of hydrogen-bond donors (Lipinski definition) is 0. The number of aryl methyl sites for hydroxylation is 1. The monoisotopic (exact) mass is 444 g/mol. The van der Waals surface area contributed by atoms with Crippen molar-refractivity contribution in [1.29, 1.82) is 0 Å². The number of aromatic nitrogens is 2.